The van der Waals surface area contributed by atoms with Crippen LogP contribution in [0.2, 0.25) is 0 Å². The van der Waals surface area contributed by atoms with E-state index in [1.165, 1.54) is 0 Å². The lowest BCUT2D eigenvalue weighted by Gasteiger charge is -2.36. The predicted molar refractivity (Wildman–Crippen MR) is 135 cm³/mol. The lowest BCUT2D eigenvalue weighted by molar-refractivity contribution is -0.150. The number of hydrogen-bond acceptors (Lipinski definition) is 7. The normalized spacial score (nSPS) is 18.5. The van der Waals surface area contributed by atoms with Crippen LogP contribution in [0.4, 0.5) is 4.79 Å². The first-order chi connectivity index (χ1) is 16.7. The molecule has 1 aromatic heterocycles. The summed E-state index contributed by atoms with van der Waals surface area (Å²) in [5.74, 6) is 0.769. The zero-order chi connectivity index (χ0) is 25.0. The molecule has 4 rings (SSSR count). The molecular formula is C26H36N2O6S. The summed E-state index contributed by atoms with van der Waals surface area (Å²) in [6, 6.07) is 6.46. The van der Waals surface area contributed by atoms with Crippen LogP contribution in [0.3, 0.4) is 0 Å². The molecule has 0 spiro atoms. The molecule has 9 heteroatoms. The van der Waals surface area contributed by atoms with Crippen LogP contribution in [-0.2, 0) is 25.5 Å². The number of nitrogens with zero attached hydrogens (tertiary/aromatic N) is 2. The van der Waals surface area contributed by atoms with Gasteiger partial charge in [-0.1, -0.05) is 0 Å². The lowest BCUT2D eigenvalue weighted by Crippen LogP contribution is -2.53. The minimum atomic E-state index is -0.688. The molecule has 2 fully saturated rings. The molecule has 8 nitrogen and oxygen atoms in total. The number of thiophene rings is 1. The summed E-state index contributed by atoms with van der Waals surface area (Å²) in [5, 5.41) is 3.17. The molecule has 1 saturated carbocycles. The highest BCUT2D eigenvalue weighted by molar-refractivity contribution is 7.17. The van der Waals surface area contributed by atoms with Crippen molar-refractivity contribution in [3.8, 4) is 5.75 Å². The fourth-order valence-electron chi connectivity index (χ4n) is 4.14. The number of hydrogen-bond donors (Lipinski definition) is 0. The molecule has 1 atom stereocenters. The highest BCUT2D eigenvalue weighted by Crippen LogP contribution is 2.35. The smallest absolute Gasteiger partial charge is 0.410 e. The molecule has 2 aromatic rings. The van der Waals surface area contributed by atoms with Gasteiger partial charge in [-0.25, -0.2) is 4.79 Å². The second-order valence-corrected chi connectivity index (χ2v) is 11.0. The third kappa shape index (κ3) is 6.86. The van der Waals surface area contributed by atoms with Crippen LogP contribution >= 0.6 is 11.3 Å². The predicted octanol–water partition coefficient (Wildman–Crippen LogP) is 4.44. The monoisotopic (exact) mass is 504 g/mol. The Kier molecular flexibility index (Phi) is 8.19. The minimum Gasteiger partial charge on any atom is -0.492 e. The molecule has 0 N–H and O–H groups in total. The molecule has 2 amide bonds. The molecule has 0 bridgehead atoms. The third-order valence-corrected chi connectivity index (χ3v) is 6.89. The van der Waals surface area contributed by atoms with Crippen LogP contribution in [0, 0.1) is 0 Å². The van der Waals surface area contributed by atoms with Crippen molar-refractivity contribution < 1.29 is 28.5 Å². The van der Waals surface area contributed by atoms with E-state index in [1.807, 2.05) is 31.7 Å². The van der Waals surface area contributed by atoms with Crippen molar-refractivity contribution in [3.63, 3.8) is 0 Å². The fourth-order valence-corrected chi connectivity index (χ4v) is 4.99. The summed E-state index contributed by atoms with van der Waals surface area (Å²) in [6.45, 7) is 8.15. The Hall–Kier alpha value is -2.36. The van der Waals surface area contributed by atoms with Gasteiger partial charge in [0.1, 0.15) is 11.4 Å². The Labute approximate surface area is 211 Å². The van der Waals surface area contributed by atoms with Crippen LogP contribution < -0.4 is 4.74 Å². The van der Waals surface area contributed by atoms with E-state index in [0.29, 0.717) is 32.9 Å². The Morgan fingerprint density at radius 3 is 2.74 bits per heavy atom. The van der Waals surface area contributed by atoms with Crippen molar-refractivity contribution in [1.29, 1.82) is 0 Å². The fraction of sp³-hybridized carbons (Fsp3) is 0.615. The van der Waals surface area contributed by atoms with E-state index in [-0.39, 0.29) is 18.5 Å². The molecule has 1 aromatic carbocycles. The number of morpholine rings is 1. The van der Waals surface area contributed by atoms with Gasteiger partial charge in [0, 0.05) is 39.3 Å². The quantitative estimate of drug-likeness (QED) is 0.470. The lowest BCUT2D eigenvalue weighted by atomic mass is 10.1. The SMILES string of the molecule is COCCCOc1cc(CN(C(=O)[C@H]2CN(C(=O)OC(C)(C)C)CCO2)C2CC2)cc2ccsc12. The molecule has 0 unspecified atom stereocenters. The van der Waals surface area contributed by atoms with Gasteiger partial charge in [-0.2, -0.15) is 0 Å². The zero-order valence-corrected chi connectivity index (χ0v) is 21.9. The second-order valence-electron chi connectivity index (χ2n) is 10.1. The van der Waals surface area contributed by atoms with Crippen molar-refractivity contribution in [1.82, 2.24) is 9.80 Å². The molecule has 35 heavy (non-hydrogen) atoms. The van der Waals surface area contributed by atoms with Gasteiger partial charge in [0.15, 0.2) is 6.10 Å². The molecule has 0 radical (unpaired) electrons. The third-order valence-electron chi connectivity index (χ3n) is 5.94. The highest BCUT2D eigenvalue weighted by atomic mass is 32.1. The summed E-state index contributed by atoms with van der Waals surface area (Å²) in [6.07, 6.45) is 1.68. The van der Waals surface area contributed by atoms with E-state index >= 15 is 0 Å². The zero-order valence-electron chi connectivity index (χ0n) is 21.1. The van der Waals surface area contributed by atoms with Crippen molar-refractivity contribution in [2.45, 2.75) is 64.3 Å². The topological polar surface area (TPSA) is 77.5 Å². The van der Waals surface area contributed by atoms with Crippen molar-refractivity contribution in [2.75, 3.05) is 40.0 Å². The van der Waals surface area contributed by atoms with E-state index in [1.54, 1.807) is 23.3 Å². The van der Waals surface area contributed by atoms with Crippen molar-refractivity contribution in [2.24, 2.45) is 0 Å². The summed E-state index contributed by atoms with van der Waals surface area (Å²) < 4.78 is 23.6. The van der Waals surface area contributed by atoms with Gasteiger partial charge in [0.25, 0.3) is 5.91 Å². The maximum atomic E-state index is 13.6. The van der Waals surface area contributed by atoms with E-state index in [0.717, 1.165) is 40.7 Å². The average molecular weight is 505 g/mol. The Morgan fingerprint density at radius 2 is 2.03 bits per heavy atom. The second kappa shape index (κ2) is 11.1. The maximum absolute atomic E-state index is 13.6. The van der Waals surface area contributed by atoms with Gasteiger partial charge in [-0.05, 0) is 68.1 Å². The molecule has 1 aliphatic heterocycles. The molecule has 1 aliphatic carbocycles. The van der Waals surface area contributed by atoms with Gasteiger partial charge in [0.05, 0.1) is 24.5 Å². The van der Waals surface area contributed by atoms with Crippen molar-refractivity contribution >= 4 is 33.4 Å². The van der Waals surface area contributed by atoms with Crippen LogP contribution in [-0.4, -0.2) is 79.6 Å². The van der Waals surface area contributed by atoms with Gasteiger partial charge in [0.2, 0.25) is 0 Å². The number of benzene rings is 1. The van der Waals surface area contributed by atoms with Gasteiger partial charge in [-0.15, -0.1) is 11.3 Å². The van der Waals surface area contributed by atoms with Gasteiger partial charge >= 0.3 is 6.09 Å². The van der Waals surface area contributed by atoms with Crippen LogP contribution in [0.25, 0.3) is 10.1 Å². The summed E-state index contributed by atoms with van der Waals surface area (Å²) in [7, 11) is 1.68. The van der Waals surface area contributed by atoms with E-state index in [4.69, 9.17) is 18.9 Å². The number of methoxy groups -OCH3 is 1. The summed E-state index contributed by atoms with van der Waals surface area (Å²) >= 11 is 1.65. The number of carbonyl (C=O) groups excluding carboxylic acids is 2. The first-order valence-electron chi connectivity index (χ1n) is 12.3. The van der Waals surface area contributed by atoms with E-state index < -0.39 is 17.8 Å². The molecular weight excluding hydrogens is 468 g/mol. The molecule has 2 heterocycles. The number of rotatable bonds is 9. The maximum Gasteiger partial charge on any atom is 0.410 e. The van der Waals surface area contributed by atoms with Crippen LogP contribution in [0.1, 0.15) is 45.6 Å². The number of amides is 2. The Bertz CT molecular complexity index is 1030. The van der Waals surface area contributed by atoms with E-state index in [2.05, 4.69) is 17.5 Å². The Morgan fingerprint density at radius 1 is 1.23 bits per heavy atom. The van der Waals surface area contributed by atoms with Crippen LogP contribution in [0.15, 0.2) is 23.6 Å². The van der Waals surface area contributed by atoms with E-state index in [9.17, 15) is 9.59 Å². The van der Waals surface area contributed by atoms with Gasteiger partial charge < -0.3 is 28.7 Å². The first kappa shape index (κ1) is 25.7. The summed E-state index contributed by atoms with van der Waals surface area (Å²) in [5.41, 5.74) is 0.441. The molecule has 1 saturated heterocycles. The molecule has 2 aliphatic rings. The minimum absolute atomic E-state index is 0.0752. The largest absolute Gasteiger partial charge is 0.492 e. The summed E-state index contributed by atoms with van der Waals surface area (Å²) in [4.78, 5) is 29.6. The van der Waals surface area contributed by atoms with Crippen molar-refractivity contribution in [3.05, 3.63) is 29.1 Å². The van der Waals surface area contributed by atoms with Crippen LogP contribution in [0.5, 0.6) is 5.75 Å². The van der Waals surface area contributed by atoms with Gasteiger partial charge in [-0.3, -0.25) is 4.79 Å². The standard InChI is InChI=1S/C26H36N2O6S/c1-26(2,3)34-25(30)27-9-12-33-22(17-27)24(29)28(20-6-7-20)16-18-14-19-8-13-35-23(19)21(15-18)32-11-5-10-31-4/h8,13-15,20,22H,5-7,9-12,16-17H2,1-4H3/t22-/m1/s1. The molecule has 192 valence electrons. The average Bonchev–Trinajstić information content (AvgIpc) is 3.55. The number of fused-ring (bicyclic) bond motifs is 1. The first-order valence-corrected chi connectivity index (χ1v) is 13.1. The Balaban J connectivity index is 1.46. The highest BCUT2D eigenvalue weighted by Gasteiger charge is 2.39. The number of ether oxygens (including phenoxy) is 4. The number of carbonyl (C=O) groups is 2.